The van der Waals surface area contributed by atoms with Gasteiger partial charge in [-0.1, -0.05) is 0 Å². The van der Waals surface area contributed by atoms with Crippen LogP contribution in [0.25, 0.3) is 0 Å². The highest BCUT2D eigenvalue weighted by Gasteiger charge is 2.51. The summed E-state index contributed by atoms with van der Waals surface area (Å²) in [6.45, 7) is -0.519. The molecular formula is C13H17NO8S. The normalized spacial score (nSPS) is 22.6. The third kappa shape index (κ3) is 4.15. The zero-order chi connectivity index (χ0) is 16.8. The Kier molecular flexibility index (Phi) is 6.25. The molecule has 0 aromatic rings. The van der Waals surface area contributed by atoms with Crippen molar-refractivity contribution in [2.24, 2.45) is 5.92 Å². The molecule has 0 spiro atoms. The van der Waals surface area contributed by atoms with Gasteiger partial charge in [0, 0.05) is 20.0 Å². The predicted octanol–water partition coefficient (Wildman–Crippen LogP) is 0.306. The summed E-state index contributed by atoms with van der Waals surface area (Å²) in [5.74, 6) is -0.496. The van der Waals surface area contributed by atoms with Crippen molar-refractivity contribution >= 4 is 29.8 Å². The molecule has 9 nitrogen and oxygen atoms in total. The smallest absolute Gasteiger partial charge is 0.436 e. The van der Waals surface area contributed by atoms with E-state index < -0.39 is 18.7 Å². The molecule has 10 heteroatoms. The standard InChI is InChI=1S/C13H17NO8S/c1-18-5-8-11(16)14-9(3-4-23-12(8)14)22-13(17)20-6-10(15)21-7-19-2/h3,8,12H,4-7H2,1-2H3/t8?,12-/m0/s1. The third-order valence-corrected chi connectivity index (χ3v) is 4.34. The van der Waals surface area contributed by atoms with Gasteiger partial charge in [-0.3, -0.25) is 9.69 Å². The highest BCUT2D eigenvalue weighted by Crippen LogP contribution is 2.41. The minimum absolute atomic E-state index is 0.112. The van der Waals surface area contributed by atoms with Gasteiger partial charge in [0.2, 0.25) is 11.8 Å². The van der Waals surface area contributed by atoms with Gasteiger partial charge in [-0.15, -0.1) is 11.8 Å². The molecule has 0 radical (unpaired) electrons. The molecule has 1 amide bonds. The number of hydrogen-bond donors (Lipinski definition) is 0. The van der Waals surface area contributed by atoms with Gasteiger partial charge < -0.3 is 23.7 Å². The second-order valence-corrected chi connectivity index (χ2v) is 5.75. The lowest BCUT2D eigenvalue weighted by atomic mass is 9.99. The first-order chi connectivity index (χ1) is 11.1. The number of thioether (sulfide) groups is 1. The van der Waals surface area contributed by atoms with Crippen LogP contribution >= 0.6 is 11.8 Å². The zero-order valence-electron chi connectivity index (χ0n) is 12.7. The van der Waals surface area contributed by atoms with Crippen molar-refractivity contribution in [1.82, 2.24) is 4.90 Å². The molecule has 0 aromatic carbocycles. The molecule has 1 fully saturated rings. The van der Waals surface area contributed by atoms with Crippen LogP contribution < -0.4 is 0 Å². The lowest BCUT2D eigenvalue weighted by molar-refractivity contribution is -0.159. The molecule has 128 valence electrons. The average Bonchev–Trinajstić information content (AvgIpc) is 2.55. The molecule has 0 bridgehead atoms. The summed E-state index contributed by atoms with van der Waals surface area (Å²) in [6, 6.07) is 0. The predicted molar refractivity (Wildman–Crippen MR) is 76.9 cm³/mol. The van der Waals surface area contributed by atoms with Gasteiger partial charge in [-0.25, -0.2) is 9.59 Å². The van der Waals surface area contributed by atoms with Crippen LogP contribution in [0.4, 0.5) is 4.79 Å². The first-order valence-corrected chi connectivity index (χ1v) is 7.76. The molecule has 0 saturated carbocycles. The van der Waals surface area contributed by atoms with E-state index in [1.165, 1.54) is 19.1 Å². The van der Waals surface area contributed by atoms with Crippen molar-refractivity contribution < 1.29 is 38.1 Å². The summed E-state index contributed by atoms with van der Waals surface area (Å²) in [4.78, 5) is 36.2. The molecule has 1 saturated heterocycles. The molecule has 1 unspecified atom stereocenters. The van der Waals surface area contributed by atoms with Gasteiger partial charge in [-0.05, 0) is 6.08 Å². The number of fused-ring (bicyclic) bond motifs is 1. The number of β-lactam (4-membered cyclic amide) rings is 1. The Morgan fingerprint density at radius 3 is 2.78 bits per heavy atom. The van der Waals surface area contributed by atoms with E-state index >= 15 is 0 Å². The van der Waals surface area contributed by atoms with E-state index in [-0.39, 0.29) is 29.9 Å². The Morgan fingerprint density at radius 1 is 1.30 bits per heavy atom. The van der Waals surface area contributed by atoms with Crippen LogP contribution in [0.1, 0.15) is 0 Å². The van der Waals surface area contributed by atoms with Gasteiger partial charge in [0.15, 0.2) is 13.4 Å². The molecule has 0 N–H and O–H groups in total. The molecule has 2 heterocycles. The van der Waals surface area contributed by atoms with Crippen LogP contribution in [0.2, 0.25) is 0 Å². The SMILES string of the molecule is COCOC(=O)COC(=O)OC1=CCS[C@H]2C(COC)C(=O)N12. The van der Waals surface area contributed by atoms with Gasteiger partial charge in [0.05, 0.1) is 17.9 Å². The Labute approximate surface area is 136 Å². The second-order valence-electron chi connectivity index (χ2n) is 4.60. The summed E-state index contributed by atoms with van der Waals surface area (Å²) < 4.78 is 23.7. The fourth-order valence-electron chi connectivity index (χ4n) is 2.09. The monoisotopic (exact) mass is 347 g/mol. The number of nitrogens with zero attached hydrogens (tertiary/aromatic N) is 1. The minimum atomic E-state index is -1.08. The highest BCUT2D eigenvalue weighted by molar-refractivity contribution is 8.00. The molecule has 2 aliphatic rings. The average molecular weight is 347 g/mol. The number of methoxy groups -OCH3 is 2. The summed E-state index contributed by atoms with van der Waals surface area (Å²) in [5, 5.41) is -0.123. The van der Waals surface area contributed by atoms with E-state index in [2.05, 4.69) is 14.2 Å². The van der Waals surface area contributed by atoms with E-state index in [9.17, 15) is 14.4 Å². The molecular weight excluding hydrogens is 330 g/mol. The van der Waals surface area contributed by atoms with Crippen molar-refractivity contribution in [3.63, 3.8) is 0 Å². The van der Waals surface area contributed by atoms with Crippen LogP contribution in [0, 0.1) is 5.92 Å². The van der Waals surface area contributed by atoms with Crippen molar-refractivity contribution in [2.45, 2.75) is 5.37 Å². The summed E-state index contributed by atoms with van der Waals surface area (Å²) >= 11 is 1.55. The maximum Gasteiger partial charge on any atom is 0.515 e. The Balaban J connectivity index is 1.81. The Bertz CT molecular complexity index is 508. The molecule has 2 aliphatic heterocycles. The second kappa shape index (κ2) is 8.18. The van der Waals surface area contributed by atoms with Gasteiger partial charge in [0.25, 0.3) is 0 Å². The van der Waals surface area contributed by atoms with Crippen molar-refractivity contribution in [2.75, 3.05) is 40.0 Å². The molecule has 0 aromatic heterocycles. The highest BCUT2D eigenvalue weighted by atomic mass is 32.2. The first kappa shape index (κ1) is 17.6. The number of amides is 1. The fourth-order valence-corrected chi connectivity index (χ4v) is 3.31. The van der Waals surface area contributed by atoms with Gasteiger partial charge in [0.1, 0.15) is 0 Å². The summed E-state index contributed by atoms with van der Waals surface area (Å²) in [5.41, 5.74) is 0. The largest absolute Gasteiger partial charge is 0.515 e. The third-order valence-electron chi connectivity index (χ3n) is 3.10. The van der Waals surface area contributed by atoms with E-state index in [0.29, 0.717) is 12.4 Å². The number of carbonyl (C=O) groups is 3. The maximum absolute atomic E-state index is 12.0. The van der Waals surface area contributed by atoms with Crippen LogP contribution in [-0.2, 0) is 33.3 Å². The van der Waals surface area contributed by atoms with Crippen LogP contribution in [0.3, 0.4) is 0 Å². The summed E-state index contributed by atoms with van der Waals surface area (Å²) in [6.07, 6.45) is 0.520. The zero-order valence-corrected chi connectivity index (χ0v) is 13.5. The number of rotatable bonds is 7. The molecule has 0 aliphatic carbocycles. The van der Waals surface area contributed by atoms with E-state index in [0.717, 1.165) is 0 Å². The van der Waals surface area contributed by atoms with Gasteiger partial charge >= 0.3 is 12.1 Å². The lowest BCUT2D eigenvalue weighted by Crippen LogP contribution is -2.61. The van der Waals surface area contributed by atoms with Crippen LogP contribution in [-0.4, -0.2) is 68.3 Å². The van der Waals surface area contributed by atoms with Crippen LogP contribution in [0.15, 0.2) is 12.0 Å². The lowest BCUT2D eigenvalue weighted by Gasteiger charge is -2.47. The quantitative estimate of drug-likeness (QED) is 0.366. The van der Waals surface area contributed by atoms with Crippen molar-refractivity contribution in [3.8, 4) is 0 Å². The van der Waals surface area contributed by atoms with Crippen molar-refractivity contribution in [1.29, 1.82) is 0 Å². The van der Waals surface area contributed by atoms with Crippen molar-refractivity contribution in [3.05, 3.63) is 12.0 Å². The summed E-state index contributed by atoms with van der Waals surface area (Å²) in [7, 11) is 2.88. The number of ether oxygens (including phenoxy) is 5. The molecule has 2 rings (SSSR count). The number of esters is 1. The first-order valence-electron chi connectivity index (χ1n) is 6.71. The van der Waals surface area contributed by atoms with E-state index in [1.54, 1.807) is 17.8 Å². The minimum Gasteiger partial charge on any atom is -0.436 e. The number of carbonyl (C=O) groups excluding carboxylic acids is 3. The number of hydrogen-bond acceptors (Lipinski definition) is 9. The molecule has 23 heavy (non-hydrogen) atoms. The van der Waals surface area contributed by atoms with Gasteiger partial charge in [-0.2, -0.15) is 0 Å². The van der Waals surface area contributed by atoms with E-state index in [4.69, 9.17) is 9.47 Å². The Hall–Kier alpha value is -1.78. The maximum atomic E-state index is 12.0. The molecule has 2 atom stereocenters. The Morgan fingerprint density at radius 2 is 2.09 bits per heavy atom. The topological polar surface area (TPSA) is 101 Å². The van der Waals surface area contributed by atoms with Crippen LogP contribution in [0.5, 0.6) is 0 Å². The van der Waals surface area contributed by atoms with E-state index in [1.807, 2.05) is 0 Å². The fraction of sp³-hybridized carbons (Fsp3) is 0.615.